The van der Waals surface area contributed by atoms with Gasteiger partial charge in [-0.2, -0.15) is 0 Å². The molecule has 0 aliphatic rings. The SMILES string of the molecule is CC[C@H](C(=O)N(C)Cc1ccc(OC)cc1)N(c1ccc(C)c(C)c1)S(C)(=O)=O. The summed E-state index contributed by atoms with van der Waals surface area (Å²) in [6.07, 6.45) is 1.51. The zero-order chi connectivity index (χ0) is 21.8. The van der Waals surface area contributed by atoms with E-state index in [1.165, 1.54) is 4.31 Å². The Bertz CT molecular complexity index is 955. The summed E-state index contributed by atoms with van der Waals surface area (Å²) in [6.45, 7) is 6.10. The van der Waals surface area contributed by atoms with Gasteiger partial charge in [0.25, 0.3) is 0 Å². The van der Waals surface area contributed by atoms with E-state index in [4.69, 9.17) is 4.74 Å². The molecule has 0 unspecified atom stereocenters. The zero-order valence-electron chi connectivity index (χ0n) is 18.0. The van der Waals surface area contributed by atoms with Crippen LogP contribution in [0.15, 0.2) is 42.5 Å². The number of carbonyl (C=O) groups is 1. The van der Waals surface area contributed by atoms with Crippen molar-refractivity contribution in [3.8, 4) is 5.75 Å². The monoisotopic (exact) mass is 418 g/mol. The molecule has 2 aromatic carbocycles. The summed E-state index contributed by atoms with van der Waals surface area (Å²) in [7, 11) is -0.359. The van der Waals surface area contributed by atoms with Gasteiger partial charge in [0.2, 0.25) is 15.9 Å². The first-order valence-electron chi connectivity index (χ1n) is 9.53. The fraction of sp³-hybridized carbons (Fsp3) is 0.409. The highest BCUT2D eigenvalue weighted by Crippen LogP contribution is 2.26. The van der Waals surface area contributed by atoms with E-state index in [1.54, 1.807) is 25.1 Å². The van der Waals surface area contributed by atoms with Gasteiger partial charge in [-0.1, -0.05) is 25.1 Å². The van der Waals surface area contributed by atoms with Gasteiger partial charge in [0.15, 0.2) is 0 Å². The molecule has 0 fully saturated rings. The van der Waals surface area contributed by atoms with Crippen molar-refractivity contribution >= 4 is 21.6 Å². The van der Waals surface area contributed by atoms with Crippen LogP contribution < -0.4 is 9.04 Å². The summed E-state index contributed by atoms with van der Waals surface area (Å²) >= 11 is 0. The van der Waals surface area contributed by atoms with E-state index < -0.39 is 16.1 Å². The Morgan fingerprint density at radius 1 is 1.07 bits per heavy atom. The molecule has 7 heteroatoms. The number of hydrogen-bond acceptors (Lipinski definition) is 4. The molecule has 0 bridgehead atoms. The fourth-order valence-electron chi connectivity index (χ4n) is 3.24. The number of nitrogens with zero attached hydrogens (tertiary/aromatic N) is 2. The number of sulfonamides is 1. The van der Waals surface area contributed by atoms with Gasteiger partial charge in [0, 0.05) is 13.6 Å². The molecule has 0 saturated carbocycles. The van der Waals surface area contributed by atoms with Crippen molar-refractivity contribution in [3.63, 3.8) is 0 Å². The molecule has 0 saturated heterocycles. The maximum Gasteiger partial charge on any atom is 0.246 e. The number of aryl methyl sites for hydroxylation is 2. The Morgan fingerprint density at radius 2 is 1.69 bits per heavy atom. The van der Waals surface area contributed by atoms with Gasteiger partial charge in [0.05, 0.1) is 19.1 Å². The van der Waals surface area contributed by atoms with Crippen LogP contribution in [-0.2, 0) is 21.4 Å². The van der Waals surface area contributed by atoms with Crippen LogP contribution in [0.25, 0.3) is 0 Å². The molecule has 1 amide bonds. The maximum atomic E-state index is 13.2. The first-order valence-corrected chi connectivity index (χ1v) is 11.4. The van der Waals surface area contributed by atoms with Crippen LogP contribution in [0.1, 0.15) is 30.0 Å². The van der Waals surface area contributed by atoms with E-state index in [-0.39, 0.29) is 5.91 Å². The lowest BCUT2D eigenvalue weighted by Crippen LogP contribution is -2.49. The van der Waals surface area contributed by atoms with Crippen LogP contribution >= 0.6 is 0 Å². The number of hydrogen-bond donors (Lipinski definition) is 0. The predicted molar refractivity (Wildman–Crippen MR) is 117 cm³/mol. The highest BCUT2D eigenvalue weighted by atomic mass is 32.2. The second kappa shape index (κ2) is 9.31. The highest BCUT2D eigenvalue weighted by molar-refractivity contribution is 7.92. The molecule has 2 aromatic rings. The average molecular weight is 419 g/mol. The third-order valence-corrected chi connectivity index (χ3v) is 6.19. The second-order valence-corrected chi connectivity index (χ2v) is 9.15. The number of ether oxygens (including phenoxy) is 1. The van der Waals surface area contributed by atoms with E-state index in [1.807, 2.05) is 57.2 Å². The molecule has 2 rings (SSSR count). The van der Waals surface area contributed by atoms with Crippen LogP contribution in [0, 0.1) is 13.8 Å². The highest BCUT2D eigenvalue weighted by Gasteiger charge is 2.33. The summed E-state index contributed by atoms with van der Waals surface area (Å²) in [5, 5.41) is 0. The lowest BCUT2D eigenvalue weighted by atomic mass is 10.1. The summed E-state index contributed by atoms with van der Waals surface area (Å²) < 4.78 is 31.7. The Morgan fingerprint density at radius 3 is 2.17 bits per heavy atom. The minimum atomic E-state index is -3.65. The molecular formula is C22H30N2O4S. The first kappa shape index (κ1) is 22.7. The Labute approximate surface area is 174 Å². The topological polar surface area (TPSA) is 66.9 Å². The van der Waals surface area contributed by atoms with E-state index in [0.29, 0.717) is 18.7 Å². The van der Waals surface area contributed by atoms with E-state index in [9.17, 15) is 13.2 Å². The third kappa shape index (κ3) is 5.50. The van der Waals surface area contributed by atoms with Crippen molar-refractivity contribution in [3.05, 3.63) is 59.2 Å². The fourth-order valence-corrected chi connectivity index (χ4v) is 4.44. The van der Waals surface area contributed by atoms with Crippen molar-refractivity contribution in [2.45, 2.75) is 39.8 Å². The molecule has 6 nitrogen and oxygen atoms in total. The van der Waals surface area contributed by atoms with E-state index >= 15 is 0 Å². The molecule has 29 heavy (non-hydrogen) atoms. The largest absolute Gasteiger partial charge is 0.497 e. The number of likely N-dealkylation sites (N-methyl/N-ethyl adjacent to an activating group) is 1. The van der Waals surface area contributed by atoms with Gasteiger partial charge in [-0.3, -0.25) is 9.10 Å². The van der Waals surface area contributed by atoms with Crippen molar-refractivity contribution in [2.75, 3.05) is 24.7 Å². The quantitative estimate of drug-likeness (QED) is 0.658. The van der Waals surface area contributed by atoms with Crippen molar-refractivity contribution in [1.29, 1.82) is 0 Å². The summed E-state index contributed by atoms with van der Waals surface area (Å²) in [4.78, 5) is 14.8. The van der Waals surface area contributed by atoms with Gasteiger partial charge in [-0.05, 0) is 61.2 Å². The van der Waals surface area contributed by atoms with Crippen LogP contribution in [0.2, 0.25) is 0 Å². The lowest BCUT2D eigenvalue weighted by Gasteiger charge is -2.33. The van der Waals surface area contributed by atoms with Crippen LogP contribution in [0.3, 0.4) is 0 Å². The third-order valence-electron chi connectivity index (χ3n) is 5.01. The number of anilines is 1. The van der Waals surface area contributed by atoms with Gasteiger partial charge in [-0.15, -0.1) is 0 Å². The molecule has 0 heterocycles. The lowest BCUT2D eigenvalue weighted by molar-refractivity contribution is -0.131. The normalized spacial score (nSPS) is 12.3. The van der Waals surface area contributed by atoms with E-state index in [0.717, 1.165) is 28.7 Å². The number of benzene rings is 2. The molecule has 1 atom stereocenters. The zero-order valence-corrected chi connectivity index (χ0v) is 18.8. The van der Waals surface area contributed by atoms with E-state index in [2.05, 4.69) is 0 Å². The number of rotatable bonds is 8. The van der Waals surface area contributed by atoms with Gasteiger partial charge < -0.3 is 9.64 Å². The van der Waals surface area contributed by atoms with Crippen LogP contribution in [0.5, 0.6) is 5.75 Å². The summed E-state index contributed by atoms with van der Waals surface area (Å²) in [5.41, 5.74) is 3.49. The minimum Gasteiger partial charge on any atom is -0.497 e. The molecule has 0 aromatic heterocycles. The van der Waals surface area contributed by atoms with Gasteiger partial charge >= 0.3 is 0 Å². The van der Waals surface area contributed by atoms with Crippen LogP contribution in [-0.4, -0.2) is 45.7 Å². The van der Waals surface area contributed by atoms with Crippen molar-refractivity contribution in [2.24, 2.45) is 0 Å². The average Bonchev–Trinajstić information content (AvgIpc) is 2.67. The first-order chi connectivity index (χ1) is 13.6. The Balaban J connectivity index is 2.32. The predicted octanol–water partition coefficient (Wildman–Crippen LogP) is 3.52. The van der Waals surface area contributed by atoms with Gasteiger partial charge in [-0.25, -0.2) is 8.42 Å². The molecule has 0 aliphatic heterocycles. The van der Waals surface area contributed by atoms with Crippen LogP contribution in [0.4, 0.5) is 5.69 Å². The Kier molecular flexibility index (Phi) is 7.30. The molecule has 158 valence electrons. The number of carbonyl (C=O) groups excluding carboxylic acids is 1. The smallest absolute Gasteiger partial charge is 0.246 e. The molecule has 0 spiro atoms. The molecule has 0 aliphatic carbocycles. The molecule has 0 N–H and O–H groups in total. The number of methoxy groups -OCH3 is 1. The summed E-state index contributed by atoms with van der Waals surface area (Å²) in [6, 6.07) is 12.1. The molecular weight excluding hydrogens is 388 g/mol. The summed E-state index contributed by atoms with van der Waals surface area (Å²) in [5.74, 6) is 0.499. The van der Waals surface area contributed by atoms with Crippen molar-refractivity contribution < 1.29 is 17.9 Å². The molecule has 0 radical (unpaired) electrons. The number of amides is 1. The Hall–Kier alpha value is -2.54. The standard InChI is InChI=1S/C22H30N2O4S/c1-7-21(22(25)23(4)15-18-9-12-20(28-5)13-10-18)24(29(6,26)27)19-11-8-16(2)17(3)14-19/h8-14,21H,7,15H2,1-6H3/t21-/m1/s1. The van der Waals surface area contributed by atoms with Crippen molar-refractivity contribution in [1.82, 2.24) is 4.90 Å². The minimum absolute atomic E-state index is 0.244. The van der Waals surface area contributed by atoms with Gasteiger partial charge in [0.1, 0.15) is 11.8 Å². The second-order valence-electron chi connectivity index (χ2n) is 7.29. The maximum absolute atomic E-state index is 13.2.